The maximum atomic E-state index is 5.62. The summed E-state index contributed by atoms with van der Waals surface area (Å²) in [6.07, 6.45) is 4.61. The Balaban J connectivity index is 2.86. The predicted octanol–water partition coefficient (Wildman–Crippen LogP) is 0.778. The van der Waals surface area contributed by atoms with Gasteiger partial charge in [-0.15, -0.1) is 0 Å². The summed E-state index contributed by atoms with van der Waals surface area (Å²) in [5.74, 6) is 0.560. The smallest absolute Gasteiger partial charge is 0.218 e. The Labute approximate surface area is 61.5 Å². The number of aromatic nitrogens is 4. The second kappa shape index (κ2) is 1.91. The van der Waals surface area contributed by atoms with Gasteiger partial charge < -0.3 is 0 Å². The van der Waals surface area contributed by atoms with Crippen LogP contribution in [0.3, 0.4) is 0 Å². The van der Waals surface area contributed by atoms with Crippen LogP contribution in [0.25, 0.3) is 5.78 Å². The van der Waals surface area contributed by atoms with Gasteiger partial charge in [0.2, 0.25) is 0 Å². The average Bonchev–Trinajstić information content (AvgIpc) is 2.33. The van der Waals surface area contributed by atoms with Gasteiger partial charge in [0.25, 0.3) is 5.78 Å². The SMILES string of the molecule is Clc1cnc2ncnn2c1. The van der Waals surface area contributed by atoms with E-state index in [1.54, 1.807) is 6.20 Å². The number of halogens is 1. The van der Waals surface area contributed by atoms with Crippen LogP contribution in [0.4, 0.5) is 0 Å². The lowest BCUT2D eigenvalue weighted by atomic mass is 10.7. The number of nitrogens with zero attached hydrogens (tertiary/aromatic N) is 4. The van der Waals surface area contributed by atoms with Crippen molar-refractivity contribution < 1.29 is 0 Å². The highest BCUT2D eigenvalue weighted by molar-refractivity contribution is 6.30. The lowest BCUT2D eigenvalue weighted by molar-refractivity contribution is 0.939. The zero-order chi connectivity index (χ0) is 6.97. The van der Waals surface area contributed by atoms with E-state index < -0.39 is 0 Å². The Bertz CT molecular complexity index is 355. The summed E-state index contributed by atoms with van der Waals surface area (Å²) in [6, 6.07) is 0. The summed E-state index contributed by atoms with van der Waals surface area (Å²) in [7, 11) is 0. The van der Waals surface area contributed by atoms with Crippen molar-refractivity contribution in [3.8, 4) is 0 Å². The third-order valence-electron chi connectivity index (χ3n) is 1.10. The Kier molecular flexibility index (Phi) is 1.07. The van der Waals surface area contributed by atoms with Gasteiger partial charge in [0.15, 0.2) is 0 Å². The monoisotopic (exact) mass is 154 g/mol. The molecule has 0 bridgehead atoms. The van der Waals surface area contributed by atoms with E-state index in [4.69, 9.17) is 11.6 Å². The molecule has 10 heavy (non-hydrogen) atoms. The maximum absolute atomic E-state index is 5.62. The molecule has 0 atom stereocenters. The van der Waals surface area contributed by atoms with Crippen molar-refractivity contribution in [1.29, 1.82) is 0 Å². The molecule has 0 aromatic carbocycles. The molecule has 0 saturated heterocycles. The van der Waals surface area contributed by atoms with Crippen LogP contribution in [0.2, 0.25) is 5.02 Å². The van der Waals surface area contributed by atoms with E-state index >= 15 is 0 Å². The lowest BCUT2D eigenvalue weighted by Gasteiger charge is -1.88. The number of hydrogen-bond donors (Lipinski definition) is 0. The highest BCUT2D eigenvalue weighted by Gasteiger charge is 1.94. The first-order valence-corrected chi connectivity index (χ1v) is 3.05. The predicted molar refractivity (Wildman–Crippen MR) is 35.8 cm³/mol. The van der Waals surface area contributed by atoms with Gasteiger partial charge in [0.05, 0.1) is 17.4 Å². The van der Waals surface area contributed by atoms with E-state index in [-0.39, 0.29) is 0 Å². The van der Waals surface area contributed by atoms with Gasteiger partial charge in [0, 0.05) is 0 Å². The summed E-state index contributed by atoms with van der Waals surface area (Å²) < 4.78 is 1.52. The van der Waals surface area contributed by atoms with E-state index in [0.717, 1.165) is 0 Å². The minimum Gasteiger partial charge on any atom is -0.218 e. The molecule has 2 heterocycles. The largest absolute Gasteiger partial charge is 0.252 e. The van der Waals surface area contributed by atoms with E-state index in [1.807, 2.05) is 0 Å². The molecule has 0 aliphatic carbocycles. The van der Waals surface area contributed by atoms with Gasteiger partial charge in [-0.05, 0) is 0 Å². The topological polar surface area (TPSA) is 43.1 Å². The summed E-state index contributed by atoms with van der Waals surface area (Å²) in [5, 5.41) is 4.39. The quantitative estimate of drug-likeness (QED) is 0.563. The summed E-state index contributed by atoms with van der Waals surface area (Å²) >= 11 is 5.62. The van der Waals surface area contributed by atoms with Crippen LogP contribution in [0.5, 0.6) is 0 Å². The molecule has 50 valence electrons. The van der Waals surface area contributed by atoms with Crippen molar-refractivity contribution in [3.63, 3.8) is 0 Å². The average molecular weight is 155 g/mol. The molecule has 0 saturated carbocycles. The number of rotatable bonds is 0. The highest BCUT2D eigenvalue weighted by atomic mass is 35.5. The third-order valence-corrected chi connectivity index (χ3v) is 1.30. The number of hydrogen-bond acceptors (Lipinski definition) is 3. The molecule has 0 N–H and O–H groups in total. The first-order valence-electron chi connectivity index (χ1n) is 2.67. The molecule has 2 aromatic rings. The van der Waals surface area contributed by atoms with E-state index in [2.05, 4.69) is 15.1 Å². The summed E-state index contributed by atoms with van der Waals surface area (Å²) in [5.41, 5.74) is 0. The summed E-state index contributed by atoms with van der Waals surface area (Å²) in [4.78, 5) is 7.74. The zero-order valence-corrected chi connectivity index (χ0v) is 5.65. The van der Waals surface area contributed by atoms with Crippen LogP contribution in [-0.2, 0) is 0 Å². The van der Waals surface area contributed by atoms with Crippen molar-refractivity contribution >= 4 is 17.4 Å². The molecular weight excluding hydrogens is 152 g/mol. The van der Waals surface area contributed by atoms with Crippen molar-refractivity contribution in [1.82, 2.24) is 19.6 Å². The molecule has 5 heteroatoms. The van der Waals surface area contributed by atoms with Crippen molar-refractivity contribution in [2.75, 3.05) is 0 Å². The third kappa shape index (κ3) is 0.733. The van der Waals surface area contributed by atoms with Crippen LogP contribution in [0.15, 0.2) is 18.7 Å². The Morgan fingerprint density at radius 1 is 1.40 bits per heavy atom. The zero-order valence-electron chi connectivity index (χ0n) is 4.90. The van der Waals surface area contributed by atoms with E-state index in [9.17, 15) is 0 Å². The fourth-order valence-electron chi connectivity index (χ4n) is 0.697. The molecule has 0 unspecified atom stereocenters. The Hall–Kier alpha value is -1.16. The lowest BCUT2D eigenvalue weighted by Crippen LogP contribution is -1.88. The Morgan fingerprint density at radius 3 is 3.20 bits per heavy atom. The number of fused-ring (bicyclic) bond motifs is 1. The highest BCUT2D eigenvalue weighted by Crippen LogP contribution is 2.04. The minimum absolute atomic E-state index is 0.554. The van der Waals surface area contributed by atoms with E-state index in [1.165, 1.54) is 17.0 Å². The van der Waals surface area contributed by atoms with Crippen molar-refractivity contribution in [3.05, 3.63) is 23.7 Å². The second-order valence-electron chi connectivity index (χ2n) is 1.78. The molecule has 0 spiro atoms. The second-order valence-corrected chi connectivity index (χ2v) is 2.21. The van der Waals surface area contributed by atoms with E-state index in [0.29, 0.717) is 10.8 Å². The molecule has 0 radical (unpaired) electrons. The first-order chi connectivity index (χ1) is 4.86. The molecule has 4 nitrogen and oxygen atoms in total. The first kappa shape index (κ1) is 5.61. The normalized spacial score (nSPS) is 10.5. The van der Waals surface area contributed by atoms with Gasteiger partial charge in [-0.25, -0.2) is 9.50 Å². The van der Waals surface area contributed by atoms with Gasteiger partial charge in [-0.2, -0.15) is 10.1 Å². The van der Waals surface area contributed by atoms with Crippen LogP contribution >= 0.6 is 11.6 Å². The maximum Gasteiger partial charge on any atom is 0.252 e. The van der Waals surface area contributed by atoms with Crippen LogP contribution in [0.1, 0.15) is 0 Å². The summed E-state index contributed by atoms with van der Waals surface area (Å²) in [6.45, 7) is 0. The molecule has 2 aromatic heterocycles. The van der Waals surface area contributed by atoms with Gasteiger partial charge >= 0.3 is 0 Å². The Morgan fingerprint density at radius 2 is 2.30 bits per heavy atom. The fraction of sp³-hybridized carbons (Fsp3) is 0. The molecule has 2 rings (SSSR count). The van der Waals surface area contributed by atoms with Gasteiger partial charge in [-0.3, -0.25) is 0 Å². The molecular formula is C5H3ClN4. The van der Waals surface area contributed by atoms with Crippen LogP contribution in [0, 0.1) is 0 Å². The molecule has 0 amide bonds. The standard InChI is InChI=1S/C5H3ClN4/c6-4-1-7-5-8-3-9-10(5)2-4/h1-3H. The van der Waals surface area contributed by atoms with Crippen LogP contribution < -0.4 is 0 Å². The van der Waals surface area contributed by atoms with Crippen molar-refractivity contribution in [2.45, 2.75) is 0 Å². The molecule has 0 aliphatic rings. The van der Waals surface area contributed by atoms with Gasteiger partial charge in [0.1, 0.15) is 6.33 Å². The molecule has 0 fully saturated rings. The van der Waals surface area contributed by atoms with Crippen LogP contribution in [-0.4, -0.2) is 19.6 Å². The molecule has 0 aliphatic heterocycles. The van der Waals surface area contributed by atoms with Crippen molar-refractivity contribution in [2.24, 2.45) is 0 Å². The van der Waals surface area contributed by atoms with Gasteiger partial charge in [-0.1, -0.05) is 11.6 Å². The fourth-order valence-corrected chi connectivity index (χ4v) is 0.838. The minimum atomic E-state index is 0.554.